The molecule has 25 heavy (non-hydrogen) atoms. The highest BCUT2D eigenvalue weighted by molar-refractivity contribution is 9.10. The highest BCUT2D eigenvalue weighted by Crippen LogP contribution is 2.29. The fourth-order valence-electron chi connectivity index (χ4n) is 2.57. The molecule has 3 rings (SSSR count). The predicted octanol–water partition coefficient (Wildman–Crippen LogP) is 3.78. The third-order valence-electron chi connectivity index (χ3n) is 3.56. The first-order valence-corrected chi connectivity index (χ1v) is 8.18. The van der Waals surface area contributed by atoms with Gasteiger partial charge in [-0.05, 0) is 48.0 Å². The summed E-state index contributed by atoms with van der Waals surface area (Å²) in [6.45, 7) is 3.10. The summed E-state index contributed by atoms with van der Waals surface area (Å²) in [7, 11) is 0. The molecule has 0 spiro atoms. The Morgan fingerprint density at radius 3 is 2.76 bits per heavy atom. The van der Waals surface area contributed by atoms with Gasteiger partial charge in [-0.3, -0.25) is 4.79 Å². The number of carbonyl (C=O) groups is 1. The second-order valence-electron chi connectivity index (χ2n) is 5.51. The van der Waals surface area contributed by atoms with Crippen LogP contribution in [0.5, 0.6) is 0 Å². The smallest absolute Gasteiger partial charge is 0.264 e. The van der Waals surface area contributed by atoms with Crippen LogP contribution < -0.4 is 5.32 Å². The molecule has 0 aliphatic rings. The molecular formula is C16H14BrF2N5O. The molecule has 0 bridgehead atoms. The van der Waals surface area contributed by atoms with Crippen LogP contribution in [-0.2, 0) is 11.3 Å². The van der Waals surface area contributed by atoms with E-state index in [4.69, 9.17) is 0 Å². The SMILES string of the molecule is Cc1cc(C(F)F)c2c(C)nn(CC(=O)Nc3ccc(Br)cn3)c2n1. The Kier molecular flexibility index (Phi) is 4.76. The molecule has 0 saturated heterocycles. The van der Waals surface area contributed by atoms with E-state index in [9.17, 15) is 13.6 Å². The number of hydrogen-bond acceptors (Lipinski definition) is 4. The first kappa shape index (κ1) is 17.4. The highest BCUT2D eigenvalue weighted by Gasteiger charge is 2.20. The number of carbonyl (C=O) groups excluding carboxylic acids is 1. The van der Waals surface area contributed by atoms with Crippen molar-refractivity contribution in [1.82, 2.24) is 19.7 Å². The van der Waals surface area contributed by atoms with Crippen molar-refractivity contribution in [2.45, 2.75) is 26.8 Å². The zero-order valence-electron chi connectivity index (χ0n) is 13.4. The molecule has 130 valence electrons. The molecule has 9 heteroatoms. The van der Waals surface area contributed by atoms with Crippen LogP contribution >= 0.6 is 15.9 Å². The van der Waals surface area contributed by atoms with E-state index in [0.29, 0.717) is 17.2 Å². The number of hydrogen-bond donors (Lipinski definition) is 1. The minimum atomic E-state index is -2.64. The third kappa shape index (κ3) is 3.65. The van der Waals surface area contributed by atoms with Gasteiger partial charge in [0.15, 0.2) is 5.65 Å². The van der Waals surface area contributed by atoms with Crippen LogP contribution in [0.2, 0.25) is 0 Å². The lowest BCUT2D eigenvalue weighted by molar-refractivity contribution is -0.116. The standard InChI is InChI=1S/C16H14BrF2N5O/c1-8-5-11(15(18)19)14-9(2)23-24(16(14)21-8)7-13(25)22-12-4-3-10(17)6-20-12/h3-6,15H,7H2,1-2H3,(H,20,22,25). The zero-order valence-corrected chi connectivity index (χ0v) is 15.0. The van der Waals surface area contributed by atoms with Crippen molar-refractivity contribution in [3.8, 4) is 0 Å². The van der Waals surface area contributed by atoms with Gasteiger partial charge < -0.3 is 5.32 Å². The number of aryl methyl sites for hydroxylation is 2. The van der Waals surface area contributed by atoms with E-state index in [2.05, 4.69) is 36.3 Å². The number of anilines is 1. The fourth-order valence-corrected chi connectivity index (χ4v) is 2.80. The van der Waals surface area contributed by atoms with Gasteiger partial charge in [-0.2, -0.15) is 5.10 Å². The van der Waals surface area contributed by atoms with Crippen LogP contribution in [0.25, 0.3) is 11.0 Å². The average molecular weight is 410 g/mol. The Bertz CT molecular complexity index is 940. The number of nitrogens with one attached hydrogen (secondary N) is 1. The lowest BCUT2D eigenvalue weighted by Gasteiger charge is -2.07. The summed E-state index contributed by atoms with van der Waals surface area (Å²) in [4.78, 5) is 20.6. The van der Waals surface area contributed by atoms with Gasteiger partial charge in [-0.15, -0.1) is 0 Å². The number of aromatic nitrogens is 4. The monoisotopic (exact) mass is 409 g/mol. The van der Waals surface area contributed by atoms with Gasteiger partial charge in [-0.1, -0.05) is 0 Å². The van der Waals surface area contributed by atoms with Crippen LogP contribution in [-0.4, -0.2) is 25.7 Å². The van der Waals surface area contributed by atoms with Gasteiger partial charge in [0.05, 0.1) is 11.1 Å². The minimum Gasteiger partial charge on any atom is -0.309 e. The molecular weight excluding hydrogens is 396 g/mol. The Morgan fingerprint density at radius 2 is 2.12 bits per heavy atom. The fraction of sp³-hybridized carbons (Fsp3) is 0.250. The minimum absolute atomic E-state index is 0.124. The molecule has 0 aliphatic carbocycles. The van der Waals surface area contributed by atoms with Gasteiger partial charge in [0.1, 0.15) is 12.4 Å². The van der Waals surface area contributed by atoms with Gasteiger partial charge in [0, 0.05) is 21.9 Å². The molecule has 1 N–H and O–H groups in total. The second kappa shape index (κ2) is 6.83. The van der Waals surface area contributed by atoms with Crippen LogP contribution in [0.1, 0.15) is 23.4 Å². The number of nitrogens with zero attached hydrogens (tertiary/aromatic N) is 4. The van der Waals surface area contributed by atoms with Gasteiger partial charge in [0.25, 0.3) is 6.43 Å². The largest absolute Gasteiger partial charge is 0.309 e. The molecule has 3 heterocycles. The van der Waals surface area contributed by atoms with Gasteiger partial charge in [-0.25, -0.2) is 23.4 Å². The number of pyridine rings is 2. The topological polar surface area (TPSA) is 72.7 Å². The van der Waals surface area contributed by atoms with Crippen LogP contribution in [0, 0.1) is 13.8 Å². The molecule has 0 saturated carbocycles. The van der Waals surface area contributed by atoms with Gasteiger partial charge >= 0.3 is 0 Å². The molecule has 3 aromatic rings. The van der Waals surface area contributed by atoms with Crippen molar-refractivity contribution >= 4 is 38.7 Å². The number of fused-ring (bicyclic) bond motifs is 1. The maximum absolute atomic E-state index is 13.3. The van der Waals surface area contributed by atoms with Crippen molar-refractivity contribution < 1.29 is 13.6 Å². The van der Waals surface area contributed by atoms with Crippen molar-refractivity contribution in [2.24, 2.45) is 0 Å². The Balaban J connectivity index is 1.91. The molecule has 3 aromatic heterocycles. The first-order valence-electron chi connectivity index (χ1n) is 7.39. The summed E-state index contributed by atoms with van der Waals surface area (Å²) in [5, 5.41) is 7.12. The third-order valence-corrected chi connectivity index (χ3v) is 4.03. The Hall–Kier alpha value is -2.42. The molecule has 0 radical (unpaired) electrons. The van der Waals surface area contributed by atoms with Crippen molar-refractivity contribution in [3.05, 3.63) is 45.8 Å². The predicted molar refractivity (Wildman–Crippen MR) is 92.5 cm³/mol. The van der Waals surface area contributed by atoms with E-state index in [-0.39, 0.29) is 29.0 Å². The Labute approximate surface area is 150 Å². The lowest BCUT2D eigenvalue weighted by Crippen LogP contribution is -2.20. The van der Waals surface area contributed by atoms with Crippen LogP contribution in [0.15, 0.2) is 28.9 Å². The zero-order chi connectivity index (χ0) is 18.1. The summed E-state index contributed by atoms with van der Waals surface area (Å²) in [5.74, 6) is 0.0138. The molecule has 0 atom stereocenters. The van der Waals surface area contributed by atoms with Gasteiger partial charge in [0.2, 0.25) is 5.91 Å². The molecule has 0 aromatic carbocycles. The summed E-state index contributed by atoms with van der Waals surface area (Å²) in [6.07, 6.45) is -1.08. The quantitative estimate of drug-likeness (QED) is 0.711. The van der Waals surface area contributed by atoms with E-state index in [1.54, 1.807) is 32.2 Å². The highest BCUT2D eigenvalue weighted by atomic mass is 79.9. The molecule has 0 aliphatic heterocycles. The summed E-state index contributed by atoms with van der Waals surface area (Å²) < 4.78 is 28.7. The Morgan fingerprint density at radius 1 is 1.36 bits per heavy atom. The molecule has 1 amide bonds. The summed E-state index contributed by atoms with van der Waals surface area (Å²) >= 11 is 3.26. The number of rotatable bonds is 4. The maximum atomic E-state index is 13.3. The van der Waals surface area contributed by atoms with E-state index >= 15 is 0 Å². The number of halogens is 3. The van der Waals surface area contributed by atoms with E-state index in [1.807, 2.05) is 0 Å². The molecule has 6 nitrogen and oxygen atoms in total. The van der Waals surface area contributed by atoms with Crippen molar-refractivity contribution in [1.29, 1.82) is 0 Å². The van der Waals surface area contributed by atoms with E-state index < -0.39 is 6.43 Å². The molecule has 0 unspecified atom stereocenters. The van der Waals surface area contributed by atoms with E-state index in [0.717, 1.165) is 4.47 Å². The second-order valence-corrected chi connectivity index (χ2v) is 6.42. The van der Waals surface area contributed by atoms with Crippen LogP contribution in [0.3, 0.4) is 0 Å². The average Bonchev–Trinajstić information content (AvgIpc) is 2.84. The maximum Gasteiger partial charge on any atom is 0.264 e. The lowest BCUT2D eigenvalue weighted by atomic mass is 10.1. The number of amides is 1. The normalized spacial score (nSPS) is 11.3. The van der Waals surface area contributed by atoms with E-state index in [1.165, 1.54) is 10.7 Å². The summed E-state index contributed by atoms with van der Waals surface area (Å²) in [6, 6.07) is 4.74. The van der Waals surface area contributed by atoms with Crippen LogP contribution in [0.4, 0.5) is 14.6 Å². The molecule has 0 fully saturated rings. The number of alkyl halides is 2. The van der Waals surface area contributed by atoms with Crippen molar-refractivity contribution in [2.75, 3.05) is 5.32 Å². The summed E-state index contributed by atoms with van der Waals surface area (Å²) in [5.41, 5.74) is 0.999. The first-order chi connectivity index (χ1) is 11.8. The van der Waals surface area contributed by atoms with Crippen molar-refractivity contribution in [3.63, 3.8) is 0 Å².